The smallest absolute Gasteiger partial charge is 0.227 e. The molecule has 4 rings (SSSR count). The van der Waals surface area contributed by atoms with Gasteiger partial charge in [-0.15, -0.1) is 0 Å². The minimum atomic E-state index is 0.521. The van der Waals surface area contributed by atoms with Crippen LogP contribution >= 0.6 is 0 Å². The van der Waals surface area contributed by atoms with Gasteiger partial charge in [0.1, 0.15) is 5.82 Å². The van der Waals surface area contributed by atoms with Gasteiger partial charge in [0.15, 0.2) is 5.82 Å². The Bertz CT molecular complexity index is 649. The van der Waals surface area contributed by atoms with Crippen LogP contribution in [0.4, 0.5) is 17.6 Å². The minimum Gasteiger partial charge on any atom is -0.339 e. The van der Waals surface area contributed by atoms with Crippen LogP contribution in [0, 0.1) is 0 Å². The first-order chi connectivity index (χ1) is 10.8. The van der Waals surface area contributed by atoms with Gasteiger partial charge in [-0.3, -0.25) is 5.10 Å². The molecular weight excluding hydrogens is 278 g/mol. The largest absolute Gasteiger partial charge is 0.339 e. The van der Waals surface area contributed by atoms with E-state index in [0.29, 0.717) is 12.0 Å². The molecule has 116 valence electrons. The van der Waals surface area contributed by atoms with Gasteiger partial charge in [-0.1, -0.05) is 0 Å². The van der Waals surface area contributed by atoms with E-state index in [-0.39, 0.29) is 0 Å². The molecule has 7 nitrogen and oxygen atoms in total. The molecule has 0 aromatic carbocycles. The molecule has 1 aliphatic heterocycles. The van der Waals surface area contributed by atoms with Gasteiger partial charge in [-0.25, -0.2) is 4.98 Å². The summed E-state index contributed by atoms with van der Waals surface area (Å²) in [6, 6.07) is 4.47. The summed E-state index contributed by atoms with van der Waals surface area (Å²) >= 11 is 0. The molecule has 2 aromatic heterocycles. The Morgan fingerprint density at radius 2 is 2.18 bits per heavy atom. The van der Waals surface area contributed by atoms with Crippen molar-refractivity contribution < 1.29 is 0 Å². The van der Waals surface area contributed by atoms with Gasteiger partial charge in [0.05, 0.1) is 0 Å². The van der Waals surface area contributed by atoms with Crippen molar-refractivity contribution >= 4 is 17.6 Å². The summed E-state index contributed by atoms with van der Waals surface area (Å²) < 4.78 is 0. The lowest BCUT2D eigenvalue weighted by Gasteiger charge is -2.16. The number of likely N-dealkylation sites (N-methyl/N-ethyl adjacent to an activating group) is 1. The highest BCUT2D eigenvalue weighted by Gasteiger charge is 2.26. The number of aromatic amines is 1. The standard InChI is InChI=1S/C15H21N7/c1-16-11-5-7-22(9-11)15-17-6-4-13(19-15)18-14-8-12(20-21-14)10-2-3-10/h4,6,8,10-11,16H,2-3,5,7,9H2,1H3,(H2,17,18,19,20,21). The number of rotatable bonds is 5. The molecule has 1 saturated carbocycles. The molecular formula is C15H21N7. The number of nitrogens with zero attached hydrogens (tertiary/aromatic N) is 4. The minimum absolute atomic E-state index is 0.521. The van der Waals surface area contributed by atoms with Crippen LogP contribution in [0.2, 0.25) is 0 Å². The summed E-state index contributed by atoms with van der Waals surface area (Å²) in [6.45, 7) is 1.94. The van der Waals surface area contributed by atoms with Crippen molar-refractivity contribution in [3.63, 3.8) is 0 Å². The molecule has 1 unspecified atom stereocenters. The fourth-order valence-electron chi connectivity index (χ4n) is 2.88. The van der Waals surface area contributed by atoms with Crippen molar-refractivity contribution in [2.75, 3.05) is 30.4 Å². The second kappa shape index (κ2) is 5.57. The highest BCUT2D eigenvalue weighted by molar-refractivity contribution is 5.53. The molecule has 3 heterocycles. The molecule has 0 bridgehead atoms. The molecule has 7 heteroatoms. The van der Waals surface area contributed by atoms with Crippen LogP contribution in [0.3, 0.4) is 0 Å². The van der Waals surface area contributed by atoms with Crippen molar-refractivity contribution in [3.05, 3.63) is 24.0 Å². The van der Waals surface area contributed by atoms with E-state index in [1.807, 2.05) is 13.1 Å². The Hall–Kier alpha value is -2.15. The molecule has 0 spiro atoms. The lowest BCUT2D eigenvalue weighted by atomic mass is 10.3. The Kier molecular flexibility index (Phi) is 3.42. The van der Waals surface area contributed by atoms with Gasteiger partial charge in [-0.2, -0.15) is 10.1 Å². The summed E-state index contributed by atoms with van der Waals surface area (Å²) in [5.41, 5.74) is 1.22. The van der Waals surface area contributed by atoms with Crippen LogP contribution in [0.1, 0.15) is 30.9 Å². The second-order valence-corrected chi connectivity index (χ2v) is 6.07. The van der Waals surface area contributed by atoms with Crippen LogP contribution in [-0.2, 0) is 0 Å². The third-order valence-corrected chi connectivity index (χ3v) is 4.39. The maximum atomic E-state index is 4.61. The molecule has 0 amide bonds. The average molecular weight is 299 g/mol. The molecule has 2 aromatic rings. The van der Waals surface area contributed by atoms with Crippen LogP contribution in [0.25, 0.3) is 0 Å². The van der Waals surface area contributed by atoms with Gasteiger partial charge in [-0.05, 0) is 32.4 Å². The first-order valence-electron chi connectivity index (χ1n) is 7.89. The maximum Gasteiger partial charge on any atom is 0.227 e. The zero-order chi connectivity index (χ0) is 14.9. The zero-order valence-electron chi connectivity index (χ0n) is 12.7. The van der Waals surface area contributed by atoms with E-state index in [0.717, 1.165) is 37.1 Å². The predicted molar refractivity (Wildman–Crippen MR) is 85.6 cm³/mol. The summed E-state index contributed by atoms with van der Waals surface area (Å²) in [4.78, 5) is 11.2. The summed E-state index contributed by atoms with van der Waals surface area (Å²) in [6.07, 6.45) is 5.45. The van der Waals surface area contributed by atoms with Crippen LogP contribution < -0.4 is 15.5 Å². The summed E-state index contributed by atoms with van der Waals surface area (Å²) in [7, 11) is 2.00. The predicted octanol–water partition coefficient (Wildman–Crippen LogP) is 1.62. The molecule has 0 radical (unpaired) electrons. The van der Waals surface area contributed by atoms with Crippen LogP contribution in [0.5, 0.6) is 0 Å². The summed E-state index contributed by atoms with van der Waals surface area (Å²) in [5, 5.41) is 14.0. The van der Waals surface area contributed by atoms with Crippen molar-refractivity contribution in [1.29, 1.82) is 0 Å². The molecule has 22 heavy (non-hydrogen) atoms. The van der Waals surface area contributed by atoms with E-state index >= 15 is 0 Å². The lowest BCUT2D eigenvalue weighted by molar-refractivity contribution is 0.616. The Balaban J connectivity index is 1.46. The number of aromatic nitrogens is 4. The molecule has 1 aliphatic carbocycles. The molecule has 3 N–H and O–H groups in total. The number of hydrogen-bond donors (Lipinski definition) is 3. The lowest BCUT2D eigenvalue weighted by Crippen LogP contribution is -2.30. The van der Waals surface area contributed by atoms with Gasteiger partial charge >= 0.3 is 0 Å². The number of nitrogens with one attached hydrogen (secondary N) is 3. The van der Waals surface area contributed by atoms with E-state index in [1.165, 1.54) is 18.5 Å². The molecule has 1 atom stereocenters. The van der Waals surface area contributed by atoms with Gasteiger partial charge in [0, 0.05) is 43.0 Å². The maximum absolute atomic E-state index is 4.61. The number of anilines is 3. The Labute approximate surface area is 129 Å². The molecule has 2 fully saturated rings. The quantitative estimate of drug-likeness (QED) is 0.778. The van der Waals surface area contributed by atoms with Gasteiger partial charge < -0.3 is 15.5 Å². The Morgan fingerprint density at radius 3 is 2.95 bits per heavy atom. The topological polar surface area (TPSA) is 81.8 Å². The SMILES string of the molecule is CNC1CCN(c2nccc(Nc3cc(C4CC4)[nH]n3)n2)C1. The molecule has 1 saturated heterocycles. The second-order valence-electron chi connectivity index (χ2n) is 6.07. The van der Waals surface area contributed by atoms with Crippen molar-refractivity contribution in [3.8, 4) is 0 Å². The fourth-order valence-corrected chi connectivity index (χ4v) is 2.88. The monoisotopic (exact) mass is 299 g/mol. The van der Waals surface area contributed by atoms with E-state index in [4.69, 9.17) is 0 Å². The van der Waals surface area contributed by atoms with E-state index in [1.54, 1.807) is 6.20 Å². The van der Waals surface area contributed by atoms with Crippen LogP contribution in [0.15, 0.2) is 18.3 Å². The normalized spacial score (nSPS) is 21.3. The van der Waals surface area contributed by atoms with E-state index in [9.17, 15) is 0 Å². The highest BCUT2D eigenvalue weighted by Crippen LogP contribution is 2.39. The number of hydrogen-bond acceptors (Lipinski definition) is 6. The molecule has 2 aliphatic rings. The zero-order valence-corrected chi connectivity index (χ0v) is 12.7. The highest BCUT2D eigenvalue weighted by atomic mass is 15.3. The van der Waals surface area contributed by atoms with Crippen molar-refractivity contribution in [2.24, 2.45) is 0 Å². The first-order valence-corrected chi connectivity index (χ1v) is 7.89. The third kappa shape index (κ3) is 2.76. The summed E-state index contributed by atoms with van der Waals surface area (Å²) in [5.74, 6) is 3.06. The van der Waals surface area contributed by atoms with Crippen molar-refractivity contribution in [1.82, 2.24) is 25.5 Å². The van der Waals surface area contributed by atoms with E-state index in [2.05, 4.69) is 41.8 Å². The van der Waals surface area contributed by atoms with Crippen molar-refractivity contribution in [2.45, 2.75) is 31.2 Å². The Morgan fingerprint density at radius 1 is 1.27 bits per heavy atom. The number of H-pyrrole nitrogens is 1. The third-order valence-electron chi connectivity index (χ3n) is 4.39. The van der Waals surface area contributed by atoms with Gasteiger partial charge in [0.25, 0.3) is 0 Å². The average Bonchev–Trinajstić information content (AvgIpc) is 3.10. The van der Waals surface area contributed by atoms with E-state index < -0.39 is 0 Å². The van der Waals surface area contributed by atoms with Gasteiger partial charge in [0.2, 0.25) is 5.95 Å². The van der Waals surface area contributed by atoms with Crippen LogP contribution in [-0.4, -0.2) is 46.3 Å². The fraction of sp³-hybridized carbons (Fsp3) is 0.533. The first kappa shape index (κ1) is 13.5.